The zero-order valence-electron chi connectivity index (χ0n) is 11.9. The van der Waals surface area contributed by atoms with Gasteiger partial charge in [-0.1, -0.05) is 22.0 Å². The number of methoxy groups -OCH3 is 1. The van der Waals surface area contributed by atoms with Crippen LogP contribution in [0.15, 0.2) is 47.1 Å². The predicted octanol–water partition coefficient (Wildman–Crippen LogP) is 1.53. The number of likely N-dealkylation sites (N-methyl/N-ethyl adjacent to an activating group) is 1. The topological polar surface area (TPSA) is 27.8 Å². The molecule has 2 N–H and O–H groups in total. The van der Waals surface area contributed by atoms with Gasteiger partial charge in [-0.05, 0) is 18.2 Å². The van der Waals surface area contributed by atoms with Crippen molar-refractivity contribution in [3.8, 4) is 5.75 Å². The van der Waals surface area contributed by atoms with Gasteiger partial charge in [0.25, 0.3) is 0 Å². The van der Waals surface area contributed by atoms with Crippen LogP contribution in [0.5, 0.6) is 5.75 Å². The van der Waals surface area contributed by atoms with Gasteiger partial charge in [0.1, 0.15) is 12.3 Å². The van der Waals surface area contributed by atoms with Crippen LogP contribution in [0.25, 0.3) is 0 Å². The van der Waals surface area contributed by atoms with Crippen LogP contribution < -0.4 is 14.6 Å². The van der Waals surface area contributed by atoms with Gasteiger partial charge in [0, 0.05) is 22.2 Å². The molecule has 0 fully saturated rings. The standard InChI is InChI=1S/C16H19BrN2O/c1-19(10-8-15-5-3-4-9-18-15)12-13-11-14(17)6-7-16(13)20-2/h3-7,9,11H,8,10,12H2,1-2H3/p+2. The van der Waals surface area contributed by atoms with E-state index in [2.05, 4.69) is 46.2 Å². The molecule has 1 heterocycles. The van der Waals surface area contributed by atoms with Gasteiger partial charge in [-0.15, -0.1) is 0 Å². The van der Waals surface area contributed by atoms with Crippen molar-refractivity contribution < 1.29 is 14.6 Å². The molecular formula is C16H21BrN2O+2. The van der Waals surface area contributed by atoms with Crippen LogP contribution in [-0.4, -0.2) is 20.7 Å². The van der Waals surface area contributed by atoms with Gasteiger partial charge >= 0.3 is 0 Å². The third-order valence-corrected chi connectivity index (χ3v) is 3.82. The van der Waals surface area contributed by atoms with Gasteiger partial charge < -0.3 is 9.64 Å². The summed E-state index contributed by atoms with van der Waals surface area (Å²) in [5, 5.41) is 0. The minimum absolute atomic E-state index is 0.954. The number of aromatic nitrogens is 1. The Morgan fingerprint density at radius 1 is 1.25 bits per heavy atom. The average molecular weight is 337 g/mol. The summed E-state index contributed by atoms with van der Waals surface area (Å²) in [6, 6.07) is 12.4. The number of pyridine rings is 1. The first kappa shape index (κ1) is 15.0. The highest BCUT2D eigenvalue weighted by molar-refractivity contribution is 9.10. The number of ether oxygens (including phenoxy) is 1. The summed E-state index contributed by atoms with van der Waals surface area (Å²) in [7, 11) is 3.93. The third kappa shape index (κ3) is 4.32. The van der Waals surface area contributed by atoms with E-state index < -0.39 is 0 Å². The molecule has 2 aromatic rings. The number of aromatic amines is 1. The highest BCUT2D eigenvalue weighted by Gasteiger charge is 2.11. The predicted molar refractivity (Wildman–Crippen MR) is 82.9 cm³/mol. The molecule has 1 aromatic heterocycles. The molecule has 0 bridgehead atoms. The Morgan fingerprint density at radius 2 is 2.10 bits per heavy atom. The molecule has 1 atom stereocenters. The van der Waals surface area contributed by atoms with E-state index in [9.17, 15) is 0 Å². The Bertz CT molecular complexity index is 545. The molecule has 20 heavy (non-hydrogen) atoms. The molecule has 0 amide bonds. The number of quaternary nitrogens is 1. The molecule has 1 aromatic carbocycles. The SMILES string of the molecule is COc1ccc(Br)cc1C[NH+](C)CCc1cccc[nH+]1. The largest absolute Gasteiger partial charge is 0.496 e. The van der Waals surface area contributed by atoms with Gasteiger partial charge in [0.05, 0.1) is 27.1 Å². The Kier molecular flexibility index (Phi) is 5.56. The van der Waals surface area contributed by atoms with Crippen LogP contribution in [-0.2, 0) is 13.0 Å². The van der Waals surface area contributed by atoms with E-state index in [0.29, 0.717) is 0 Å². The van der Waals surface area contributed by atoms with Gasteiger partial charge in [-0.3, -0.25) is 0 Å². The van der Waals surface area contributed by atoms with Crippen LogP contribution >= 0.6 is 15.9 Å². The summed E-state index contributed by atoms with van der Waals surface area (Å²) >= 11 is 3.52. The summed E-state index contributed by atoms with van der Waals surface area (Å²) in [6.07, 6.45) is 3.02. The molecule has 106 valence electrons. The molecular weight excluding hydrogens is 316 g/mol. The van der Waals surface area contributed by atoms with E-state index in [-0.39, 0.29) is 0 Å². The second kappa shape index (κ2) is 7.41. The molecule has 0 saturated heterocycles. The highest BCUT2D eigenvalue weighted by Crippen LogP contribution is 2.22. The number of halogens is 1. The van der Waals surface area contributed by atoms with Crippen molar-refractivity contribution in [2.45, 2.75) is 13.0 Å². The maximum absolute atomic E-state index is 5.42. The maximum atomic E-state index is 5.42. The fourth-order valence-corrected chi connectivity index (χ4v) is 2.64. The van der Waals surface area contributed by atoms with E-state index >= 15 is 0 Å². The number of hydrogen-bond donors (Lipinski definition) is 1. The Hall–Kier alpha value is -1.39. The smallest absolute Gasteiger partial charge is 0.185 e. The molecule has 3 nitrogen and oxygen atoms in total. The van der Waals surface area contributed by atoms with Crippen LogP contribution in [0.1, 0.15) is 11.3 Å². The second-order valence-electron chi connectivity index (χ2n) is 4.98. The lowest BCUT2D eigenvalue weighted by Crippen LogP contribution is -3.07. The Balaban J connectivity index is 1.94. The number of nitrogens with one attached hydrogen (secondary N) is 2. The molecule has 2 rings (SSSR count). The van der Waals surface area contributed by atoms with Crippen molar-refractivity contribution in [3.05, 3.63) is 58.3 Å². The third-order valence-electron chi connectivity index (χ3n) is 3.33. The summed E-state index contributed by atoms with van der Waals surface area (Å²) in [6.45, 7) is 2.03. The Morgan fingerprint density at radius 3 is 2.80 bits per heavy atom. The molecule has 0 saturated carbocycles. The average Bonchev–Trinajstić information content (AvgIpc) is 2.46. The molecule has 0 radical (unpaired) electrons. The number of rotatable bonds is 6. The lowest BCUT2D eigenvalue weighted by Gasteiger charge is -2.15. The van der Waals surface area contributed by atoms with E-state index in [1.54, 1.807) is 7.11 Å². The van der Waals surface area contributed by atoms with E-state index in [1.807, 2.05) is 24.4 Å². The monoisotopic (exact) mass is 336 g/mol. The quantitative estimate of drug-likeness (QED) is 0.851. The van der Waals surface area contributed by atoms with Gasteiger partial charge in [-0.25, -0.2) is 4.98 Å². The van der Waals surface area contributed by atoms with Crippen molar-refractivity contribution in [2.75, 3.05) is 20.7 Å². The summed E-state index contributed by atoms with van der Waals surface area (Å²) in [5.41, 5.74) is 2.50. The number of H-pyrrole nitrogens is 1. The molecule has 0 spiro atoms. The first-order valence-electron chi connectivity index (χ1n) is 6.78. The molecule has 1 unspecified atom stereocenters. The van der Waals surface area contributed by atoms with E-state index in [0.717, 1.165) is 29.7 Å². The van der Waals surface area contributed by atoms with Gasteiger partial charge in [-0.2, -0.15) is 0 Å². The highest BCUT2D eigenvalue weighted by atomic mass is 79.9. The van der Waals surface area contributed by atoms with Crippen molar-refractivity contribution in [2.24, 2.45) is 0 Å². The number of hydrogen-bond acceptors (Lipinski definition) is 1. The minimum atomic E-state index is 0.954. The zero-order valence-corrected chi connectivity index (χ0v) is 13.5. The van der Waals surface area contributed by atoms with E-state index in [1.165, 1.54) is 16.2 Å². The molecule has 0 aliphatic carbocycles. The molecule has 0 aliphatic rings. The van der Waals surface area contributed by atoms with Crippen LogP contribution in [0.2, 0.25) is 0 Å². The zero-order chi connectivity index (χ0) is 14.4. The maximum Gasteiger partial charge on any atom is 0.185 e. The van der Waals surface area contributed by atoms with Crippen LogP contribution in [0, 0.1) is 0 Å². The first-order valence-corrected chi connectivity index (χ1v) is 7.57. The fraction of sp³-hybridized carbons (Fsp3) is 0.312. The number of benzene rings is 1. The van der Waals surface area contributed by atoms with Crippen LogP contribution in [0.4, 0.5) is 0 Å². The van der Waals surface area contributed by atoms with Crippen LogP contribution in [0.3, 0.4) is 0 Å². The summed E-state index contributed by atoms with van der Waals surface area (Å²) < 4.78 is 6.52. The first-order chi connectivity index (χ1) is 9.69. The molecule has 4 heteroatoms. The van der Waals surface area contributed by atoms with Crippen molar-refractivity contribution >= 4 is 15.9 Å². The van der Waals surface area contributed by atoms with Gasteiger partial charge in [0.15, 0.2) is 11.9 Å². The Labute approximate surface area is 128 Å². The second-order valence-corrected chi connectivity index (χ2v) is 5.89. The fourth-order valence-electron chi connectivity index (χ4n) is 2.23. The van der Waals surface area contributed by atoms with Gasteiger partial charge in [0.2, 0.25) is 0 Å². The normalized spacial score (nSPS) is 12.2. The summed E-state index contributed by atoms with van der Waals surface area (Å²) in [5.74, 6) is 0.957. The lowest BCUT2D eigenvalue weighted by molar-refractivity contribution is -0.893. The minimum Gasteiger partial charge on any atom is -0.496 e. The molecule has 0 aliphatic heterocycles. The summed E-state index contributed by atoms with van der Waals surface area (Å²) in [4.78, 5) is 4.73. The van der Waals surface area contributed by atoms with Crippen molar-refractivity contribution in [3.63, 3.8) is 0 Å². The lowest BCUT2D eigenvalue weighted by atomic mass is 10.2. The van der Waals surface area contributed by atoms with Crippen molar-refractivity contribution in [1.82, 2.24) is 0 Å². The van der Waals surface area contributed by atoms with Crippen molar-refractivity contribution in [1.29, 1.82) is 0 Å². The van der Waals surface area contributed by atoms with E-state index in [4.69, 9.17) is 4.74 Å².